The van der Waals surface area contributed by atoms with Crippen LogP contribution in [0.25, 0.3) is 28.5 Å². The maximum absolute atomic E-state index is 13.1. The van der Waals surface area contributed by atoms with Crippen LogP contribution in [0.3, 0.4) is 0 Å². The summed E-state index contributed by atoms with van der Waals surface area (Å²) in [4.78, 5) is 13.1. The molecule has 5 aromatic rings. The molecule has 2 aromatic heterocycles. The van der Waals surface area contributed by atoms with Crippen LogP contribution in [0.2, 0.25) is 20.1 Å². The fourth-order valence-corrected chi connectivity index (χ4v) is 5.38. The molecule has 0 unspecified atom stereocenters. The van der Waals surface area contributed by atoms with Gasteiger partial charge in [-0.25, -0.2) is 4.68 Å². The topological polar surface area (TPSA) is 73.8 Å². The van der Waals surface area contributed by atoms with Crippen molar-refractivity contribution in [3.8, 4) is 28.5 Å². The first kappa shape index (κ1) is 25.1. The van der Waals surface area contributed by atoms with E-state index < -0.39 is 0 Å². The van der Waals surface area contributed by atoms with Crippen molar-refractivity contribution in [2.24, 2.45) is 0 Å². The third kappa shape index (κ3) is 4.31. The number of halogens is 4. The van der Waals surface area contributed by atoms with Gasteiger partial charge in [0.15, 0.2) is 11.5 Å². The van der Waals surface area contributed by atoms with E-state index in [1.165, 1.54) is 6.92 Å². The van der Waals surface area contributed by atoms with Crippen molar-refractivity contribution >= 4 is 52.2 Å². The van der Waals surface area contributed by atoms with Crippen molar-refractivity contribution in [1.82, 2.24) is 20.0 Å². The summed E-state index contributed by atoms with van der Waals surface area (Å²) in [6.45, 7) is 1.47. The van der Waals surface area contributed by atoms with E-state index in [9.17, 15) is 4.79 Å². The van der Waals surface area contributed by atoms with Gasteiger partial charge in [-0.15, -0.1) is 10.2 Å². The molecule has 1 aliphatic rings. The summed E-state index contributed by atoms with van der Waals surface area (Å²) in [5.74, 6) is 0.390. The molecule has 3 aromatic carbocycles. The van der Waals surface area contributed by atoms with Crippen LogP contribution < -0.4 is 0 Å². The lowest BCUT2D eigenvalue weighted by atomic mass is 9.96. The Kier molecular flexibility index (Phi) is 6.31. The van der Waals surface area contributed by atoms with E-state index in [0.29, 0.717) is 48.5 Å². The van der Waals surface area contributed by atoms with Crippen molar-refractivity contribution < 1.29 is 9.21 Å². The molecular formula is C28H18Cl4N4O2. The zero-order valence-corrected chi connectivity index (χ0v) is 22.9. The molecule has 0 atom stereocenters. The highest BCUT2D eigenvalue weighted by atomic mass is 35.5. The van der Waals surface area contributed by atoms with Gasteiger partial charge < -0.3 is 4.42 Å². The van der Waals surface area contributed by atoms with Crippen LogP contribution in [-0.2, 0) is 5.41 Å². The molecule has 0 saturated heterocycles. The Bertz CT molecular complexity index is 1690. The van der Waals surface area contributed by atoms with Crippen LogP contribution in [0, 0.1) is 0 Å². The number of hydrogen-bond acceptors (Lipinski definition) is 5. The normalized spacial score (nSPS) is 14.0. The van der Waals surface area contributed by atoms with Crippen LogP contribution >= 0.6 is 46.4 Å². The minimum Gasteiger partial charge on any atom is -0.418 e. The van der Waals surface area contributed by atoms with Gasteiger partial charge in [-0.3, -0.25) is 4.79 Å². The average Bonchev–Trinajstić information content (AvgIpc) is 3.37. The highest BCUT2D eigenvalue weighted by Crippen LogP contribution is 2.53. The summed E-state index contributed by atoms with van der Waals surface area (Å²) >= 11 is 25.0. The fourth-order valence-electron chi connectivity index (χ4n) is 4.64. The first-order valence-corrected chi connectivity index (χ1v) is 13.2. The van der Waals surface area contributed by atoms with Gasteiger partial charge in [-0.1, -0.05) is 70.7 Å². The number of carbonyl (C=O) groups is 1. The van der Waals surface area contributed by atoms with Gasteiger partial charge in [-0.05, 0) is 67.8 Å². The second kappa shape index (κ2) is 9.54. The largest absolute Gasteiger partial charge is 0.418 e. The van der Waals surface area contributed by atoms with E-state index in [-0.39, 0.29) is 22.8 Å². The molecule has 2 heterocycles. The number of nitrogens with zero attached hydrogens (tertiary/aromatic N) is 4. The molecule has 1 aliphatic carbocycles. The second-order valence-corrected chi connectivity index (χ2v) is 10.9. The van der Waals surface area contributed by atoms with Crippen molar-refractivity contribution in [1.29, 1.82) is 0 Å². The summed E-state index contributed by atoms with van der Waals surface area (Å²) in [5, 5.41) is 15.5. The smallest absolute Gasteiger partial charge is 0.269 e. The predicted octanol–water partition coefficient (Wildman–Crippen LogP) is 8.49. The third-order valence-electron chi connectivity index (χ3n) is 6.68. The van der Waals surface area contributed by atoms with E-state index in [1.54, 1.807) is 35.0 Å². The highest BCUT2D eigenvalue weighted by Gasteiger charge is 2.51. The number of rotatable bonds is 6. The van der Waals surface area contributed by atoms with Crippen molar-refractivity contribution in [2.45, 2.75) is 25.2 Å². The van der Waals surface area contributed by atoms with E-state index in [4.69, 9.17) is 55.9 Å². The molecule has 0 bridgehead atoms. The summed E-state index contributed by atoms with van der Waals surface area (Å²) in [6.07, 6.45) is 1.72. The molecule has 190 valence electrons. The molecule has 6 rings (SSSR count). The number of Topliss-reactive ketones (excluding diaryl/α,β-unsaturated/α-hetero) is 1. The molecule has 6 nitrogen and oxygen atoms in total. The Labute approximate surface area is 238 Å². The standard InChI is InChI=1S/C28H18Cl4N4O2/c1-15(37)23-24(26-33-34-27(38-26)28(12-13-28)17-4-8-19(30)9-5-17)35-36(22-11-10-20(31)14-21(22)32)25(23)16-2-6-18(29)7-3-16/h2-11,14H,12-13H2,1H3. The lowest BCUT2D eigenvalue weighted by Crippen LogP contribution is -2.08. The van der Waals surface area contributed by atoms with Gasteiger partial charge in [0, 0.05) is 20.6 Å². The number of ketones is 1. The second-order valence-electron chi connectivity index (χ2n) is 9.14. The van der Waals surface area contributed by atoms with Gasteiger partial charge in [0.25, 0.3) is 5.89 Å². The van der Waals surface area contributed by atoms with E-state index in [0.717, 1.165) is 18.4 Å². The van der Waals surface area contributed by atoms with Crippen LogP contribution in [0.4, 0.5) is 0 Å². The van der Waals surface area contributed by atoms with Gasteiger partial charge >= 0.3 is 0 Å². The Morgan fingerprint density at radius 3 is 2.11 bits per heavy atom. The predicted molar refractivity (Wildman–Crippen MR) is 149 cm³/mol. The van der Waals surface area contributed by atoms with Gasteiger partial charge in [-0.2, -0.15) is 5.10 Å². The Morgan fingerprint density at radius 1 is 0.868 bits per heavy atom. The average molecular weight is 584 g/mol. The third-order valence-corrected chi connectivity index (χ3v) is 7.72. The molecule has 38 heavy (non-hydrogen) atoms. The fraction of sp³-hybridized carbons (Fsp3) is 0.143. The molecule has 0 aliphatic heterocycles. The molecule has 1 fully saturated rings. The summed E-state index contributed by atoms with van der Waals surface area (Å²) in [6, 6.07) is 19.8. The highest BCUT2D eigenvalue weighted by molar-refractivity contribution is 6.35. The number of hydrogen-bond donors (Lipinski definition) is 0. The zero-order valence-electron chi connectivity index (χ0n) is 19.9. The maximum Gasteiger partial charge on any atom is 0.269 e. The molecule has 0 N–H and O–H groups in total. The van der Waals surface area contributed by atoms with Crippen molar-refractivity contribution in [3.63, 3.8) is 0 Å². The van der Waals surface area contributed by atoms with Crippen LogP contribution in [0.1, 0.15) is 41.6 Å². The lowest BCUT2D eigenvalue weighted by Gasteiger charge is -2.11. The van der Waals surface area contributed by atoms with Gasteiger partial charge in [0.1, 0.15) is 0 Å². The summed E-state index contributed by atoms with van der Waals surface area (Å²) in [5.41, 5.74) is 3.02. The minimum atomic E-state index is -0.382. The summed E-state index contributed by atoms with van der Waals surface area (Å²) in [7, 11) is 0. The van der Waals surface area contributed by atoms with Crippen LogP contribution in [0.15, 0.2) is 71.1 Å². The van der Waals surface area contributed by atoms with E-state index in [1.807, 2.05) is 36.4 Å². The molecule has 0 spiro atoms. The molecular weight excluding hydrogens is 566 g/mol. The maximum atomic E-state index is 13.1. The Hall–Kier alpha value is -3.16. The first-order chi connectivity index (χ1) is 18.3. The molecule has 10 heteroatoms. The monoisotopic (exact) mass is 582 g/mol. The van der Waals surface area contributed by atoms with Crippen LogP contribution in [0.5, 0.6) is 0 Å². The van der Waals surface area contributed by atoms with Crippen molar-refractivity contribution in [2.75, 3.05) is 0 Å². The number of benzene rings is 3. The minimum absolute atomic E-state index is 0.143. The van der Waals surface area contributed by atoms with E-state index in [2.05, 4.69) is 10.2 Å². The molecule has 0 amide bonds. The lowest BCUT2D eigenvalue weighted by molar-refractivity contribution is 0.101. The number of carbonyl (C=O) groups excluding carboxylic acids is 1. The van der Waals surface area contributed by atoms with Crippen LogP contribution in [-0.4, -0.2) is 25.8 Å². The van der Waals surface area contributed by atoms with Crippen molar-refractivity contribution in [3.05, 3.63) is 104 Å². The molecule has 1 saturated carbocycles. The van der Waals surface area contributed by atoms with Gasteiger partial charge in [0.05, 0.1) is 27.4 Å². The molecule has 0 radical (unpaired) electrons. The SMILES string of the molecule is CC(=O)c1c(-c2nnc(C3(c4ccc(Cl)cc4)CC3)o2)nn(-c2ccc(Cl)cc2Cl)c1-c1ccc(Cl)cc1. The van der Waals surface area contributed by atoms with Gasteiger partial charge in [0.2, 0.25) is 5.89 Å². The summed E-state index contributed by atoms with van der Waals surface area (Å²) < 4.78 is 7.82. The Morgan fingerprint density at radius 2 is 1.50 bits per heavy atom. The quantitative estimate of drug-likeness (QED) is 0.187. The number of aromatic nitrogens is 4. The first-order valence-electron chi connectivity index (χ1n) is 11.7. The zero-order chi connectivity index (χ0) is 26.6. The Balaban J connectivity index is 1.54. The van der Waals surface area contributed by atoms with E-state index >= 15 is 0 Å².